The highest BCUT2D eigenvalue weighted by molar-refractivity contribution is 5.97. The lowest BCUT2D eigenvalue weighted by atomic mass is 10.1. The van der Waals surface area contributed by atoms with Crippen molar-refractivity contribution < 1.29 is 18.4 Å². The quantitative estimate of drug-likeness (QED) is 0.520. The molecule has 0 spiro atoms. The first-order valence-electron chi connectivity index (χ1n) is 10.2. The molecule has 30 heavy (non-hydrogen) atoms. The normalized spacial score (nSPS) is 16.3. The molecule has 0 radical (unpaired) electrons. The molecule has 0 bridgehead atoms. The van der Waals surface area contributed by atoms with E-state index in [1.807, 2.05) is 24.3 Å². The number of carbonyl (C=O) groups excluding carboxylic acids is 1. The van der Waals surface area contributed by atoms with Crippen LogP contribution in [0.15, 0.2) is 47.0 Å². The molecule has 1 amide bonds. The second kappa shape index (κ2) is 8.65. The van der Waals surface area contributed by atoms with Gasteiger partial charge in [0.1, 0.15) is 11.6 Å². The maximum absolute atomic E-state index is 13.9. The van der Waals surface area contributed by atoms with Crippen LogP contribution in [0.4, 0.5) is 10.1 Å². The minimum Gasteiger partial charge on any atom is -0.494 e. The number of halogens is 1. The lowest BCUT2D eigenvalue weighted by Gasteiger charge is -2.18. The van der Waals surface area contributed by atoms with Crippen molar-refractivity contribution in [3.05, 3.63) is 59.7 Å². The Hall–Kier alpha value is -3.22. The van der Waals surface area contributed by atoms with Crippen molar-refractivity contribution in [2.24, 2.45) is 0 Å². The highest BCUT2D eigenvalue weighted by Gasteiger charge is 2.35. The lowest BCUT2D eigenvalue weighted by molar-refractivity contribution is -0.117. The number of nitrogens with zero attached hydrogens (tertiary/aromatic N) is 3. The van der Waals surface area contributed by atoms with Gasteiger partial charge in [0.15, 0.2) is 5.82 Å². The first-order valence-corrected chi connectivity index (χ1v) is 10.2. The van der Waals surface area contributed by atoms with Crippen molar-refractivity contribution in [1.82, 2.24) is 10.1 Å². The van der Waals surface area contributed by atoms with E-state index in [0.29, 0.717) is 36.1 Å². The number of rotatable bonds is 7. The van der Waals surface area contributed by atoms with Crippen LogP contribution in [-0.4, -0.2) is 29.2 Å². The Morgan fingerprint density at radius 2 is 2.03 bits per heavy atom. The summed E-state index contributed by atoms with van der Waals surface area (Å²) in [5, 5.41) is 4.09. The fraction of sp³-hybridized carbons (Fsp3) is 0.348. The number of aromatic nitrogens is 2. The van der Waals surface area contributed by atoms with Gasteiger partial charge in [-0.15, -0.1) is 0 Å². The highest BCUT2D eigenvalue weighted by Crippen LogP contribution is 2.33. The summed E-state index contributed by atoms with van der Waals surface area (Å²) in [4.78, 5) is 18.6. The van der Waals surface area contributed by atoms with Crippen molar-refractivity contribution in [3.8, 4) is 17.2 Å². The molecule has 1 unspecified atom stereocenters. The van der Waals surface area contributed by atoms with Crippen molar-refractivity contribution in [2.75, 3.05) is 18.1 Å². The minimum absolute atomic E-state index is 0.0753. The van der Waals surface area contributed by atoms with Gasteiger partial charge in [0, 0.05) is 35.7 Å². The molecule has 2 aromatic carbocycles. The molecule has 1 aliphatic rings. The van der Waals surface area contributed by atoms with Gasteiger partial charge in [0.05, 0.1) is 6.61 Å². The van der Waals surface area contributed by atoms with Crippen LogP contribution in [0.1, 0.15) is 43.5 Å². The van der Waals surface area contributed by atoms with E-state index in [1.54, 1.807) is 24.0 Å². The van der Waals surface area contributed by atoms with Gasteiger partial charge in [-0.05, 0) is 49.7 Å². The predicted molar refractivity (Wildman–Crippen MR) is 111 cm³/mol. The number of amides is 1. The van der Waals surface area contributed by atoms with Crippen LogP contribution in [0, 0.1) is 12.7 Å². The molecule has 156 valence electrons. The molecule has 6 nitrogen and oxygen atoms in total. The number of anilines is 1. The molecule has 3 aromatic rings. The fourth-order valence-corrected chi connectivity index (χ4v) is 3.55. The zero-order valence-corrected chi connectivity index (χ0v) is 17.1. The van der Waals surface area contributed by atoms with E-state index in [-0.39, 0.29) is 24.1 Å². The van der Waals surface area contributed by atoms with Crippen LogP contribution in [0.25, 0.3) is 11.5 Å². The van der Waals surface area contributed by atoms with Crippen LogP contribution in [0.2, 0.25) is 0 Å². The Morgan fingerprint density at radius 3 is 2.80 bits per heavy atom. The van der Waals surface area contributed by atoms with Crippen LogP contribution >= 0.6 is 0 Å². The third-order valence-corrected chi connectivity index (χ3v) is 5.33. The average Bonchev–Trinajstić information content (AvgIpc) is 3.38. The Morgan fingerprint density at radius 1 is 1.23 bits per heavy atom. The maximum atomic E-state index is 13.9. The van der Waals surface area contributed by atoms with Crippen LogP contribution in [0.3, 0.4) is 0 Å². The summed E-state index contributed by atoms with van der Waals surface area (Å²) in [6.07, 6.45) is 2.36. The summed E-state index contributed by atoms with van der Waals surface area (Å²) in [5.74, 6) is 1.08. The summed E-state index contributed by atoms with van der Waals surface area (Å²) in [7, 11) is 0. The average molecular weight is 409 g/mol. The Labute approximate surface area is 174 Å². The molecule has 7 heteroatoms. The zero-order valence-electron chi connectivity index (χ0n) is 17.1. The maximum Gasteiger partial charge on any atom is 0.257 e. The van der Waals surface area contributed by atoms with Gasteiger partial charge in [-0.25, -0.2) is 4.39 Å². The molecular weight excluding hydrogens is 385 g/mol. The largest absolute Gasteiger partial charge is 0.494 e. The van der Waals surface area contributed by atoms with E-state index in [2.05, 4.69) is 17.1 Å². The molecule has 1 aliphatic heterocycles. The summed E-state index contributed by atoms with van der Waals surface area (Å²) in [6.45, 7) is 4.88. The summed E-state index contributed by atoms with van der Waals surface area (Å²) in [6, 6.07) is 12.3. The molecule has 1 atom stereocenters. The number of hydrogen-bond acceptors (Lipinski definition) is 5. The summed E-state index contributed by atoms with van der Waals surface area (Å²) in [5.41, 5.74) is 1.84. The molecule has 2 heterocycles. The molecule has 0 N–H and O–H groups in total. The highest BCUT2D eigenvalue weighted by atomic mass is 19.1. The second-order valence-electron chi connectivity index (χ2n) is 7.47. The SMILES string of the molecule is CCCCOc1ccc(-c2nc(C3CC(=O)N(c4cccc(F)c4C)C3)no2)cc1. The predicted octanol–water partition coefficient (Wildman–Crippen LogP) is 4.88. The van der Waals surface area contributed by atoms with Gasteiger partial charge in [0.25, 0.3) is 5.89 Å². The third kappa shape index (κ3) is 4.06. The molecule has 0 aliphatic carbocycles. The van der Waals surface area contributed by atoms with E-state index in [4.69, 9.17) is 9.26 Å². The number of benzene rings is 2. The van der Waals surface area contributed by atoms with Gasteiger partial charge < -0.3 is 14.2 Å². The van der Waals surface area contributed by atoms with Crippen molar-refractivity contribution in [3.63, 3.8) is 0 Å². The van der Waals surface area contributed by atoms with Gasteiger partial charge in [-0.1, -0.05) is 24.6 Å². The fourth-order valence-electron chi connectivity index (χ4n) is 3.55. The first-order chi connectivity index (χ1) is 14.6. The van der Waals surface area contributed by atoms with E-state index >= 15 is 0 Å². The van der Waals surface area contributed by atoms with Gasteiger partial charge in [0.2, 0.25) is 5.91 Å². The van der Waals surface area contributed by atoms with E-state index in [1.165, 1.54) is 6.07 Å². The number of hydrogen-bond donors (Lipinski definition) is 0. The van der Waals surface area contributed by atoms with E-state index < -0.39 is 0 Å². The van der Waals surface area contributed by atoms with Crippen LogP contribution in [-0.2, 0) is 4.79 Å². The molecule has 0 saturated carbocycles. The van der Waals surface area contributed by atoms with Gasteiger partial charge in [-0.3, -0.25) is 4.79 Å². The number of carbonyl (C=O) groups is 1. The molecule has 1 aromatic heterocycles. The smallest absolute Gasteiger partial charge is 0.257 e. The van der Waals surface area contributed by atoms with Crippen LogP contribution < -0.4 is 9.64 Å². The molecular formula is C23H24FN3O3. The van der Waals surface area contributed by atoms with E-state index in [9.17, 15) is 9.18 Å². The molecule has 1 saturated heterocycles. The Balaban J connectivity index is 1.47. The number of unbranched alkanes of at least 4 members (excludes halogenated alkanes) is 1. The lowest BCUT2D eigenvalue weighted by Crippen LogP contribution is -2.25. The van der Waals surface area contributed by atoms with Gasteiger partial charge >= 0.3 is 0 Å². The Bertz CT molecular complexity index is 1030. The monoisotopic (exact) mass is 409 g/mol. The molecule has 4 rings (SSSR count). The topological polar surface area (TPSA) is 68.5 Å². The Kier molecular flexibility index (Phi) is 5.79. The number of ether oxygens (including phenoxy) is 1. The molecule has 1 fully saturated rings. The summed E-state index contributed by atoms with van der Waals surface area (Å²) < 4.78 is 25.0. The first kappa shape index (κ1) is 20.1. The third-order valence-electron chi connectivity index (χ3n) is 5.33. The summed E-state index contributed by atoms with van der Waals surface area (Å²) >= 11 is 0. The van der Waals surface area contributed by atoms with Crippen molar-refractivity contribution in [2.45, 2.75) is 39.0 Å². The van der Waals surface area contributed by atoms with Crippen LogP contribution in [0.5, 0.6) is 5.75 Å². The zero-order chi connectivity index (χ0) is 21.1. The van der Waals surface area contributed by atoms with Crippen molar-refractivity contribution >= 4 is 11.6 Å². The minimum atomic E-state index is -0.326. The standard InChI is InChI=1S/C23H24FN3O3/c1-3-4-12-29-18-10-8-16(9-11-18)23-25-22(26-30-23)17-13-21(28)27(14-17)20-7-5-6-19(24)15(20)2/h5-11,17H,3-4,12-14H2,1-2H3. The van der Waals surface area contributed by atoms with Crippen molar-refractivity contribution in [1.29, 1.82) is 0 Å². The second-order valence-corrected chi connectivity index (χ2v) is 7.47. The van der Waals surface area contributed by atoms with E-state index in [0.717, 1.165) is 24.2 Å². The van der Waals surface area contributed by atoms with Gasteiger partial charge in [-0.2, -0.15) is 4.98 Å².